The van der Waals surface area contributed by atoms with E-state index in [0.717, 1.165) is 28.6 Å². The summed E-state index contributed by atoms with van der Waals surface area (Å²) in [6, 6.07) is 19.1. The summed E-state index contributed by atoms with van der Waals surface area (Å²) in [4.78, 5) is 31.4. The molecule has 8 nitrogen and oxygen atoms in total. The van der Waals surface area contributed by atoms with Gasteiger partial charge in [-0.15, -0.1) is 0 Å². The number of nitrogens with one attached hydrogen (secondary N) is 1. The van der Waals surface area contributed by atoms with E-state index in [4.69, 9.17) is 9.52 Å². The smallest absolute Gasteiger partial charge is 0.407 e. The number of aromatic nitrogens is 1. The van der Waals surface area contributed by atoms with Crippen LogP contribution in [0.25, 0.3) is 22.3 Å². The van der Waals surface area contributed by atoms with Gasteiger partial charge in [0, 0.05) is 56.1 Å². The third-order valence-electron chi connectivity index (χ3n) is 6.00. The summed E-state index contributed by atoms with van der Waals surface area (Å²) < 4.78 is 6.19. The molecule has 0 bridgehead atoms. The molecule has 0 saturated carbocycles. The quantitative estimate of drug-likeness (QED) is 0.457. The molecule has 8 heteroatoms. The number of carboxylic acid groups (broad SMARTS) is 1. The van der Waals surface area contributed by atoms with Gasteiger partial charge in [0.15, 0.2) is 0 Å². The number of carbonyl (C=O) groups is 2. The number of nitrogens with zero attached hydrogens (tertiary/aromatic N) is 3. The molecule has 0 aliphatic carbocycles. The largest absolute Gasteiger partial charge is 0.465 e. The highest BCUT2D eigenvalue weighted by atomic mass is 16.4. The number of para-hydroxylation sites is 1. The fourth-order valence-electron chi connectivity index (χ4n) is 4.16. The summed E-state index contributed by atoms with van der Waals surface area (Å²) >= 11 is 0. The molecular weight excluding hydrogens is 432 g/mol. The van der Waals surface area contributed by atoms with Crippen molar-refractivity contribution in [1.82, 2.24) is 14.8 Å². The number of amides is 2. The predicted molar refractivity (Wildman–Crippen MR) is 129 cm³/mol. The first-order chi connectivity index (χ1) is 16.6. The zero-order valence-corrected chi connectivity index (χ0v) is 18.5. The molecule has 0 unspecified atom stereocenters. The van der Waals surface area contributed by atoms with Crippen molar-refractivity contribution in [2.24, 2.45) is 0 Å². The average molecular weight is 457 g/mol. The molecule has 3 heterocycles. The minimum atomic E-state index is -0.860. The fourth-order valence-corrected chi connectivity index (χ4v) is 4.16. The van der Waals surface area contributed by atoms with Gasteiger partial charge in [0.25, 0.3) is 5.91 Å². The number of hydrogen-bond donors (Lipinski definition) is 2. The molecule has 34 heavy (non-hydrogen) atoms. The summed E-state index contributed by atoms with van der Waals surface area (Å²) in [7, 11) is 0. The lowest BCUT2D eigenvalue weighted by atomic mass is 10.1. The van der Waals surface area contributed by atoms with E-state index in [1.165, 1.54) is 11.1 Å². The van der Waals surface area contributed by atoms with E-state index in [1.54, 1.807) is 18.3 Å². The number of hydrogen-bond acceptors (Lipinski definition) is 5. The number of fused-ring (bicyclic) bond motifs is 1. The highest BCUT2D eigenvalue weighted by Crippen LogP contribution is 2.33. The Morgan fingerprint density at radius 2 is 1.82 bits per heavy atom. The van der Waals surface area contributed by atoms with Gasteiger partial charge in [-0.1, -0.05) is 24.3 Å². The Kier molecular flexibility index (Phi) is 5.97. The van der Waals surface area contributed by atoms with Crippen molar-refractivity contribution in [3.05, 3.63) is 84.2 Å². The maximum Gasteiger partial charge on any atom is 0.407 e. The van der Waals surface area contributed by atoms with E-state index in [-0.39, 0.29) is 5.91 Å². The molecule has 2 aromatic heterocycles. The van der Waals surface area contributed by atoms with Gasteiger partial charge < -0.3 is 19.7 Å². The molecule has 0 radical (unpaired) electrons. The van der Waals surface area contributed by atoms with Crippen LogP contribution in [-0.4, -0.2) is 58.1 Å². The van der Waals surface area contributed by atoms with Gasteiger partial charge in [0.2, 0.25) is 0 Å². The molecule has 0 atom stereocenters. The van der Waals surface area contributed by atoms with Crippen LogP contribution >= 0.6 is 0 Å². The van der Waals surface area contributed by atoms with Gasteiger partial charge in [-0.3, -0.25) is 14.7 Å². The lowest BCUT2D eigenvalue weighted by Crippen LogP contribution is -2.47. The Hall–Kier alpha value is -4.17. The lowest BCUT2D eigenvalue weighted by Gasteiger charge is -2.33. The summed E-state index contributed by atoms with van der Waals surface area (Å²) in [6.45, 7) is 3.18. The monoisotopic (exact) mass is 456 g/mol. The second-order valence-electron chi connectivity index (χ2n) is 8.27. The molecule has 5 rings (SSSR count). The van der Waals surface area contributed by atoms with Crippen LogP contribution in [-0.2, 0) is 6.54 Å². The summed E-state index contributed by atoms with van der Waals surface area (Å²) in [5, 5.41) is 13.1. The minimum absolute atomic E-state index is 0.234. The third-order valence-corrected chi connectivity index (χ3v) is 6.00. The van der Waals surface area contributed by atoms with Crippen molar-refractivity contribution in [2.45, 2.75) is 6.54 Å². The first kappa shape index (κ1) is 21.7. The molecule has 1 aliphatic heterocycles. The molecule has 4 aromatic rings. The van der Waals surface area contributed by atoms with E-state index in [9.17, 15) is 9.59 Å². The van der Waals surface area contributed by atoms with Crippen molar-refractivity contribution in [1.29, 1.82) is 0 Å². The number of anilines is 1. The highest BCUT2D eigenvalue weighted by molar-refractivity contribution is 6.06. The number of pyridine rings is 1. The second kappa shape index (κ2) is 9.36. The van der Waals surface area contributed by atoms with Crippen LogP contribution < -0.4 is 5.32 Å². The van der Waals surface area contributed by atoms with Crippen LogP contribution in [0.4, 0.5) is 10.5 Å². The Bertz CT molecular complexity index is 1330. The number of furan rings is 1. The van der Waals surface area contributed by atoms with Crippen molar-refractivity contribution in [3.8, 4) is 11.3 Å². The number of carbonyl (C=O) groups excluding carboxylic acids is 1. The standard InChI is InChI=1S/C26H24N4O4/c31-25(20-4-3-9-27-16-20)28-22-6-2-1-5-21(22)24-15-19-8-7-18(14-23(19)34-24)17-29-10-12-30(13-11-29)26(32)33/h1-9,14-16H,10-13,17H2,(H,28,31)(H,32,33). The van der Waals surface area contributed by atoms with Crippen molar-refractivity contribution in [2.75, 3.05) is 31.5 Å². The van der Waals surface area contributed by atoms with Crippen molar-refractivity contribution in [3.63, 3.8) is 0 Å². The molecule has 2 N–H and O–H groups in total. The summed E-state index contributed by atoms with van der Waals surface area (Å²) in [5.41, 5.74) is 3.81. The molecule has 0 spiro atoms. The van der Waals surface area contributed by atoms with Gasteiger partial charge in [-0.2, -0.15) is 0 Å². The highest BCUT2D eigenvalue weighted by Gasteiger charge is 2.20. The number of piperazine rings is 1. The van der Waals surface area contributed by atoms with Gasteiger partial charge >= 0.3 is 6.09 Å². The van der Waals surface area contributed by atoms with E-state index in [0.29, 0.717) is 43.2 Å². The van der Waals surface area contributed by atoms with E-state index in [2.05, 4.69) is 21.3 Å². The molecule has 2 aromatic carbocycles. The summed E-state index contributed by atoms with van der Waals surface area (Å²) in [5.74, 6) is 0.436. The average Bonchev–Trinajstić information content (AvgIpc) is 3.28. The van der Waals surface area contributed by atoms with Gasteiger partial charge in [0.1, 0.15) is 11.3 Å². The number of benzene rings is 2. The molecular formula is C26H24N4O4. The van der Waals surface area contributed by atoms with Gasteiger partial charge in [-0.25, -0.2) is 4.79 Å². The summed E-state index contributed by atoms with van der Waals surface area (Å²) in [6.07, 6.45) is 2.30. The Morgan fingerprint density at radius 1 is 1.00 bits per heavy atom. The van der Waals surface area contributed by atoms with Crippen molar-refractivity contribution >= 4 is 28.7 Å². The maximum absolute atomic E-state index is 12.6. The van der Waals surface area contributed by atoms with Crippen LogP contribution in [0, 0.1) is 0 Å². The first-order valence-corrected chi connectivity index (χ1v) is 11.1. The second-order valence-corrected chi connectivity index (χ2v) is 8.27. The topological polar surface area (TPSA) is 98.9 Å². The van der Waals surface area contributed by atoms with E-state index < -0.39 is 6.09 Å². The normalized spacial score (nSPS) is 14.3. The van der Waals surface area contributed by atoms with Crippen LogP contribution in [0.1, 0.15) is 15.9 Å². The SMILES string of the molecule is O=C(Nc1ccccc1-c1cc2ccc(CN3CCN(C(=O)O)CC3)cc2o1)c1cccnc1. The maximum atomic E-state index is 12.6. The van der Waals surface area contributed by atoms with Crippen LogP contribution in [0.15, 0.2) is 77.5 Å². The molecule has 1 aliphatic rings. The molecule has 172 valence electrons. The zero-order valence-electron chi connectivity index (χ0n) is 18.5. The van der Waals surface area contributed by atoms with Crippen LogP contribution in [0.2, 0.25) is 0 Å². The molecule has 1 fully saturated rings. The molecule has 1 saturated heterocycles. The Morgan fingerprint density at radius 3 is 2.59 bits per heavy atom. The van der Waals surface area contributed by atoms with E-state index in [1.807, 2.05) is 42.5 Å². The number of rotatable bonds is 5. The first-order valence-electron chi connectivity index (χ1n) is 11.1. The van der Waals surface area contributed by atoms with Crippen LogP contribution in [0.3, 0.4) is 0 Å². The van der Waals surface area contributed by atoms with Crippen molar-refractivity contribution < 1.29 is 19.1 Å². The third kappa shape index (κ3) is 4.62. The lowest BCUT2D eigenvalue weighted by molar-refractivity contribution is 0.102. The van der Waals surface area contributed by atoms with E-state index >= 15 is 0 Å². The van der Waals surface area contributed by atoms with Crippen LogP contribution in [0.5, 0.6) is 0 Å². The minimum Gasteiger partial charge on any atom is -0.465 e. The predicted octanol–water partition coefficient (Wildman–Crippen LogP) is 4.54. The van der Waals surface area contributed by atoms with Gasteiger partial charge in [0.05, 0.1) is 11.3 Å². The van der Waals surface area contributed by atoms with Gasteiger partial charge in [-0.05, 0) is 42.0 Å². The fraction of sp³-hybridized carbons (Fsp3) is 0.192. The Balaban J connectivity index is 1.34. The zero-order chi connectivity index (χ0) is 23.5. The Labute approximate surface area is 196 Å². The molecule has 2 amide bonds.